The molecule has 1 amide bonds. The van der Waals surface area contributed by atoms with Crippen LogP contribution in [0.15, 0.2) is 18.3 Å². The molecule has 0 aliphatic heterocycles. The van der Waals surface area contributed by atoms with E-state index in [4.69, 9.17) is 5.73 Å². The summed E-state index contributed by atoms with van der Waals surface area (Å²) in [6.45, 7) is 5.30. The van der Waals surface area contributed by atoms with Crippen LogP contribution < -0.4 is 16.4 Å². The maximum atomic E-state index is 11.3. The molecule has 0 unspecified atom stereocenters. The summed E-state index contributed by atoms with van der Waals surface area (Å²) >= 11 is 0. The minimum atomic E-state index is 0.0899. The molecule has 0 saturated carbocycles. The molecular formula is C12H20N4O. The van der Waals surface area contributed by atoms with Gasteiger partial charge in [0.1, 0.15) is 5.82 Å². The molecule has 1 rings (SSSR count). The second kappa shape index (κ2) is 6.73. The Morgan fingerprint density at radius 3 is 2.76 bits per heavy atom. The first-order chi connectivity index (χ1) is 8.08. The first kappa shape index (κ1) is 13.3. The van der Waals surface area contributed by atoms with Crippen LogP contribution in [0.1, 0.15) is 20.3 Å². The van der Waals surface area contributed by atoms with Crippen LogP contribution in [0.2, 0.25) is 0 Å². The van der Waals surface area contributed by atoms with Crippen molar-refractivity contribution < 1.29 is 4.79 Å². The maximum Gasteiger partial charge on any atom is 0.220 e. The number of nitrogens with two attached hydrogens (primary N) is 1. The number of carbonyl (C=O) groups excluding carboxylic acids is 1. The largest absolute Gasteiger partial charge is 0.397 e. The number of anilines is 2. The lowest BCUT2D eigenvalue weighted by Crippen LogP contribution is -2.29. The van der Waals surface area contributed by atoms with Crippen LogP contribution in [0, 0.1) is 5.92 Å². The molecule has 0 fully saturated rings. The number of amides is 1. The molecule has 0 atom stereocenters. The first-order valence-electron chi connectivity index (χ1n) is 5.80. The lowest BCUT2D eigenvalue weighted by molar-refractivity contribution is -0.121. The molecule has 17 heavy (non-hydrogen) atoms. The molecule has 0 saturated heterocycles. The Balaban J connectivity index is 2.16. The standard InChI is InChI=1S/C12H20N4O/c1-9(2)7-12(17)15-6-5-14-11-4-3-10(13)8-16-11/h3-4,8-9H,5-7,13H2,1-2H3,(H,14,16)(H,15,17). The molecule has 0 aliphatic rings. The van der Waals surface area contributed by atoms with Crippen LogP contribution in [-0.4, -0.2) is 24.0 Å². The van der Waals surface area contributed by atoms with E-state index in [-0.39, 0.29) is 5.91 Å². The summed E-state index contributed by atoms with van der Waals surface area (Å²) in [6, 6.07) is 3.60. The Bertz CT molecular complexity index is 348. The number of nitrogen functional groups attached to an aromatic ring is 1. The summed E-state index contributed by atoms with van der Waals surface area (Å²) in [7, 11) is 0. The molecule has 0 aliphatic carbocycles. The molecule has 0 spiro atoms. The predicted octanol–water partition coefficient (Wildman–Crippen LogP) is 1.24. The number of nitrogens with zero attached hydrogens (tertiary/aromatic N) is 1. The zero-order valence-electron chi connectivity index (χ0n) is 10.4. The molecule has 5 nitrogen and oxygen atoms in total. The van der Waals surface area contributed by atoms with Crippen molar-refractivity contribution in [3.63, 3.8) is 0 Å². The third-order valence-electron chi connectivity index (χ3n) is 2.13. The number of aromatic nitrogens is 1. The van der Waals surface area contributed by atoms with E-state index in [1.807, 2.05) is 19.9 Å². The highest BCUT2D eigenvalue weighted by molar-refractivity contribution is 5.76. The van der Waals surface area contributed by atoms with E-state index in [1.165, 1.54) is 0 Å². The first-order valence-corrected chi connectivity index (χ1v) is 5.80. The van der Waals surface area contributed by atoms with Gasteiger partial charge in [-0.1, -0.05) is 13.8 Å². The van der Waals surface area contributed by atoms with Gasteiger partial charge in [-0.3, -0.25) is 4.79 Å². The molecule has 0 radical (unpaired) electrons. The molecule has 94 valence electrons. The van der Waals surface area contributed by atoms with E-state index in [1.54, 1.807) is 12.3 Å². The molecule has 0 bridgehead atoms. The second-order valence-electron chi connectivity index (χ2n) is 4.35. The Morgan fingerprint density at radius 2 is 2.18 bits per heavy atom. The number of pyridine rings is 1. The van der Waals surface area contributed by atoms with E-state index >= 15 is 0 Å². The Hall–Kier alpha value is -1.78. The van der Waals surface area contributed by atoms with Gasteiger partial charge in [0.2, 0.25) is 5.91 Å². The smallest absolute Gasteiger partial charge is 0.220 e. The monoisotopic (exact) mass is 236 g/mol. The molecular weight excluding hydrogens is 216 g/mol. The number of nitrogens with one attached hydrogen (secondary N) is 2. The third-order valence-corrected chi connectivity index (χ3v) is 2.13. The van der Waals surface area contributed by atoms with Crippen molar-refractivity contribution in [1.82, 2.24) is 10.3 Å². The summed E-state index contributed by atoms with van der Waals surface area (Å²) in [5.41, 5.74) is 6.16. The Morgan fingerprint density at radius 1 is 1.41 bits per heavy atom. The maximum absolute atomic E-state index is 11.3. The quantitative estimate of drug-likeness (QED) is 0.649. The lowest BCUT2D eigenvalue weighted by atomic mass is 10.1. The van der Waals surface area contributed by atoms with Crippen molar-refractivity contribution in [3.8, 4) is 0 Å². The van der Waals surface area contributed by atoms with Crippen molar-refractivity contribution in [2.45, 2.75) is 20.3 Å². The molecule has 4 N–H and O–H groups in total. The Labute approximate surface area is 102 Å². The van der Waals surface area contributed by atoms with Crippen LogP contribution in [0.25, 0.3) is 0 Å². The fourth-order valence-corrected chi connectivity index (χ4v) is 1.35. The summed E-state index contributed by atoms with van der Waals surface area (Å²) in [5, 5.41) is 5.94. The van der Waals surface area contributed by atoms with Crippen LogP contribution in [0.3, 0.4) is 0 Å². The lowest BCUT2D eigenvalue weighted by Gasteiger charge is -2.08. The van der Waals surface area contributed by atoms with E-state index < -0.39 is 0 Å². The Kier molecular flexibility index (Phi) is 5.26. The van der Waals surface area contributed by atoms with Gasteiger partial charge in [0, 0.05) is 19.5 Å². The van der Waals surface area contributed by atoms with Gasteiger partial charge in [-0.25, -0.2) is 4.98 Å². The number of rotatable bonds is 6. The van der Waals surface area contributed by atoms with Gasteiger partial charge in [0.15, 0.2) is 0 Å². The summed E-state index contributed by atoms with van der Waals surface area (Å²) in [6.07, 6.45) is 2.17. The van der Waals surface area contributed by atoms with Crippen molar-refractivity contribution in [2.75, 3.05) is 24.1 Å². The zero-order chi connectivity index (χ0) is 12.7. The SMILES string of the molecule is CC(C)CC(=O)NCCNc1ccc(N)cn1. The zero-order valence-corrected chi connectivity index (χ0v) is 10.4. The fourth-order valence-electron chi connectivity index (χ4n) is 1.35. The third kappa shape index (κ3) is 5.75. The van der Waals surface area contributed by atoms with Crippen LogP contribution >= 0.6 is 0 Å². The van der Waals surface area contributed by atoms with Gasteiger partial charge in [-0.05, 0) is 18.1 Å². The van der Waals surface area contributed by atoms with Gasteiger partial charge in [0.05, 0.1) is 11.9 Å². The second-order valence-corrected chi connectivity index (χ2v) is 4.35. The summed E-state index contributed by atoms with van der Waals surface area (Å²) in [5.74, 6) is 1.24. The average Bonchev–Trinajstić information content (AvgIpc) is 2.26. The van der Waals surface area contributed by atoms with Crippen molar-refractivity contribution >= 4 is 17.4 Å². The van der Waals surface area contributed by atoms with Crippen LogP contribution in [-0.2, 0) is 4.79 Å². The number of carbonyl (C=O) groups is 1. The van der Waals surface area contributed by atoms with E-state index in [0.29, 0.717) is 31.1 Å². The van der Waals surface area contributed by atoms with Gasteiger partial charge in [-0.2, -0.15) is 0 Å². The molecule has 1 heterocycles. The van der Waals surface area contributed by atoms with Crippen LogP contribution in [0.5, 0.6) is 0 Å². The highest BCUT2D eigenvalue weighted by Crippen LogP contribution is 2.04. The average molecular weight is 236 g/mol. The minimum Gasteiger partial charge on any atom is -0.397 e. The summed E-state index contributed by atoms with van der Waals surface area (Å²) in [4.78, 5) is 15.4. The molecule has 0 aromatic carbocycles. The fraction of sp³-hybridized carbons (Fsp3) is 0.500. The van der Waals surface area contributed by atoms with Crippen LogP contribution in [0.4, 0.5) is 11.5 Å². The highest BCUT2D eigenvalue weighted by atomic mass is 16.1. The number of hydrogen-bond acceptors (Lipinski definition) is 4. The van der Waals surface area contributed by atoms with Gasteiger partial charge < -0.3 is 16.4 Å². The van der Waals surface area contributed by atoms with Gasteiger partial charge in [-0.15, -0.1) is 0 Å². The van der Waals surface area contributed by atoms with Crippen molar-refractivity contribution in [3.05, 3.63) is 18.3 Å². The molecule has 5 heteroatoms. The normalized spacial score (nSPS) is 10.3. The highest BCUT2D eigenvalue weighted by Gasteiger charge is 2.03. The number of hydrogen-bond donors (Lipinski definition) is 3. The molecule has 1 aromatic rings. The van der Waals surface area contributed by atoms with Crippen molar-refractivity contribution in [1.29, 1.82) is 0 Å². The van der Waals surface area contributed by atoms with Gasteiger partial charge in [0.25, 0.3) is 0 Å². The molecule has 1 aromatic heterocycles. The predicted molar refractivity (Wildman–Crippen MR) is 69.6 cm³/mol. The topological polar surface area (TPSA) is 80.0 Å². The minimum absolute atomic E-state index is 0.0899. The van der Waals surface area contributed by atoms with E-state index in [9.17, 15) is 4.79 Å². The van der Waals surface area contributed by atoms with E-state index in [2.05, 4.69) is 15.6 Å². The van der Waals surface area contributed by atoms with E-state index in [0.717, 1.165) is 5.82 Å². The van der Waals surface area contributed by atoms with Gasteiger partial charge >= 0.3 is 0 Å². The summed E-state index contributed by atoms with van der Waals surface area (Å²) < 4.78 is 0. The van der Waals surface area contributed by atoms with Crippen molar-refractivity contribution in [2.24, 2.45) is 5.92 Å².